The van der Waals surface area contributed by atoms with E-state index < -0.39 is 11.8 Å². The van der Waals surface area contributed by atoms with Crippen LogP contribution in [0.5, 0.6) is 5.75 Å². The lowest BCUT2D eigenvalue weighted by atomic mass is 10.0. The molecule has 4 rings (SSSR count). The Morgan fingerprint density at radius 3 is 2.35 bits per heavy atom. The first kappa shape index (κ1) is 23.3. The van der Waals surface area contributed by atoms with E-state index in [0.717, 1.165) is 24.2 Å². The SMILES string of the molecule is COc1ccc(C(N)=O)c(C(=O)NCC2CC(=O)N(c3ccc(N4CCCCC4=O)cc3)C2)c1. The van der Waals surface area contributed by atoms with Crippen LogP contribution < -0.4 is 25.6 Å². The van der Waals surface area contributed by atoms with Crippen molar-refractivity contribution < 1.29 is 23.9 Å². The average molecular weight is 465 g/mol. The zero-order valence-electron chi connectivity index (χ0n) is 19.1. The number of carbonyl (C=O) groups is 4. The molecule has 9 nitrogen and oxygen atoms in total. The number of benzene rings is 2. The fraction of sp³-hybridized carbons (Fsp3) is 0.360. The summed E-state index contributed by atoms with van der Waals surface area (Å²) in [6.45, 7) is 1.45. The molecule has 1 atom stereocenters. The number of nitrogens with two attached hydrogens (primary N) is 1. The van der Waals surface area contributed by atoms with Crippen molar-refractivity contribution >= 4 is 35.0 Å². The molecule has 2 aromatic carbocycles. The van der Waals surface area contributed by atoms with Crippen molar-refractivity contribution in [3.8, 4) is 5.75 Å². The van der Waals surface area contributed by atoms with E-state index in [1.807, 2.05) is 24.3 Å². The largest absolute Gasteiger partial charge is 0.497 e. The molecular formula is C25H28N4O5. The summed E-state index contributed by atoms with van der Waals surface area (Å²) in [5, 5.41) is 2.81. The molecule has 0 saturated carbocycles. The van der Waals surface area contributed by atoms with E-state index in [0.29, 0.717) is 31.7 Å². The average Bonchev–Trinajstić information content (AvgIpc) is 3.22. The van der Waals surface area contributed by atoms with Crippen LogP contribution in [-0.2, 0) is 9.59 Å². The van der Waals surface area contributed by atoms with Gasteiger partial charge >= 0.3 is 0 Å². The number of primary amides is 1. The zero-order chi connectivity index (χ0) is 24.2. The van der Waals surface area contributed by atoms with Crippen LogP contribution in [0.15, 0.2) is 42.5 Å². The Morgan fingerprint density at radius 2 is 1.71 bits per heavy atom. The maximum atomic E-state index is 12.7. The van der Waals surface area contributed by atoms with Crippen LogP contribution in [0.1, 0.15) is 46.4 Å². The molecule has 0 aromatic heterocycles. The molecule has 0 spiro atoms. The second-order valence-corrected chi connectivity index (χ2v) is 8.58. The summed E-state index contributed by atoms with van der Waals surface area (Å²) in [6, 6.07) is 11.9. The molecular weight excluding hydrogens is 436 g/mol. The summed E-state index contributed by atoms with van der Waals surface area (Å²) >= 11 is 0. The fourth-order valence-corrected chi connectivity index (χ4v) is 4.44. The highest BCUT2D eigenvalue weighted by Gasteiger charge is 2.31. The van der Waals surface area contributed by atoms with Crippen LogP contribution in [0.25, 0.3) is 0 Å². The monoisotopic (exact) mass is 464 g/mol. The van der Waals surface area contributed by atoms with E-state index in [1.54, 1.807) is 15.9 Å². The highest BCUT2D eigenvalue weighted by atomic mass is 16.5. The molecule has 0 aliphatic carbocycles. The molecule has 2 saturated heterocycles. The van der Waals surface area contributed by atoms with Crippen molar-refractivity contribution in [2.75, 3.05) is 36.5 Å². The molecule has 2 aromatic rings. The summed E-state index contributed by atoms with van der Waals surface area (Å²) in [5.41, 5.74) is 7.24. The number of hydrogen-bond donors (Lipinski definition) is 2. The second kappa shape index (κ2) is 9.94. The summed E-state index contributed by atoms with van der Waals surface area (Å²) in [4.78, 5) is 52.7. The summed E-state index contributed by atoms with van der Waals surface area (Å²) in [6.07, 6.45) is 2.78. The van der Waals surface area contributed by atoms with E-state index in [4.69, 9.17) is 10.5 Å². The van der Waals surface area contributed by atoms with Crippen LogP contribution >= 0.6 is 0 Å². The Bertz CT molecular complexity index is 1110. The topological polar surface area (TPSA) is 122 Å². The number of ether oxygens (including phenoxy) is 1. The second-order valence-electron chi connectivity index (χ2n) is 8.58. The number of rotatable bonds is 7. The van der Waals surface area contributed by atoms with Gasteiger partial charge in [0.25, 0.3) is 5.91 Å². The predicted octanol–water partition coefficient (Wildman–Crippen LogP) is 2.09. The molecule has 2 heterocycles. The van der Waals surface area contributed by atoms with Crippen LogP contribution in [-0.4, -0.2) is 50.4 Å². The van der Waals surface area contributed by atoms with Gasteiger partial charge in [-0.1, -0.05) is 0 Å². The molecule has 2 fully saturated rings. The van der Waals surface area contributed by atoms with Crippen molar-refractivity contribution in [1.82, 2.24) is 5.32 Å². The molecule has 2 aliphatic rings. The van der Waals surface area contributed by atoms with Gasteiger partial charge in [0.2, 0.25) is 17.7 Å². The van der Waals surface area contributed by atoms with E-state index in [2.05, 4.69) is 5.32 Å². The molecule has 0 radical (unpaired) electrons. The van der Waals surface area contributed by atoms with Crippen molar-refractivity contribution in [2.24, 2.45) is 11.7 Å². The number of carbonyl (C=O) groups excluding carboxylic acids is 4. The highest BCUT2D eigenvalue weighted by molar-refractivity contribution is 6.07. The third-order valence-electron chi connectivity index (χ3n) is 6.29. The standard InChI is InChI=1S/C25H28N4O5/c1-34-19-9-10-20(24(26)32)21(13-19)25(33)27-14-16-12-23(31)29(15-16)18-7-5-17(6-8-18)28-11-3-2-4-22(28)30/h5-10,13,16H,2-4,11-12,14-15H2,1H3,(H2,26,32)(H,27,33). The van der Waals surface area contributed by atoms with Gasteiger partial charge in [-0.2, -0.15) is 0 Å². The first-order valence-corrected chi connectivity index (χ1v) is 11.3. The predicted molar refractivity (Wildman–Crippen MR) is 127 cm³/mol. The number of piperidine rings is 1. The molecule has 2 aliphatic heterocycles. The van der Waals surface area contributed by atoms with Crippen LogP contribution in [0.3, 0.4) is 0 Å². The lowest BCUT2D eigenvalue weighted by Gasteiger charge is -2.27. The van der Waals surface area contributed by atoms with Crippen molar-refractivity contribution in [3.63, 3.8) is 0 Å². The summed E-state index contributed by atoms with van der Waals surface area (Å²) < 4.78 is 5.14. The van der Waals surface area contributed by atoms with Gasteiger partial charge in [0, 0.05) is 49.8 Å². The molecule has 34 heavy (non-hydrogen) atoms. The molecule has 178 valence electrons. The molecule has 9 heteroatoms. The smallest absolute Gasteiger partial charge is 0.252 e. The van der Waals surface area contributed by atoms with Gasteiger partial charge in [0.1, 0.15) is 5.75 Å². The lowest BCUT2D eigenvalue weighted by Crippen LogP contribution is -2.35. The Balaban J connectivity index is 1.38. The Kier molecular flexibility index (Phi) is 6.81. The van der Waals surface area contributed by atoms with E-state index >= 15 is 0 Å². The van der Waals surface area contributed by atoms with Crippen LogP contribution in [0.4, 0.5) is 11.4 Å². The highest BCUT2D eigenvalue weighted by Crippen LogP contribution is 2.28. The zero-order valence-corrected chi connectivity index (χ0v) is 19.1. The van der Waals surface area contributed by atoms with Gasteiger partial charge < -0.3 is 25.6 Å². The van der Waals surface area contributed by atoms with E-state index in [-0.39, 0.29) is 35.4 Å². The minimum Gasteiger partial charge on any atom is -0.497 e. The van der Waals surface area contributed by atoms with Crippen molar-refractivity contribution in [3.05, 3.63) is 53.6 Å². The molecule has 0 bridgehead atoms. The third kappa shape index (κ3) is 4.88. The number of nitrogens with zero attached hydrogens (tertiary/aromatic N) is 2. The summed E-state index contributed by atoms with van der Waals surface area (Å²) in [7, 11) is 1.47. The maximum Gasteiger partial charge on any atom is 0.252 e. The Morgan fingerprint density at radius 1 is 1.00 bits per heavy atom. The minimum atomic E-state index is -0.704. The number of nitrogens with one attached hydrogen (secondary N) is 1. The van der Waals surface area contributed by atoms with Gasteiger partial charge in [0.05, 0.1) is 18.2 Å². The number of anilines is 2. The van der Waals surface area contributed by atoms with Gasteiger partial charge in [-0.25, -0.2) is 0 Å². The first-order valence-electron chi connectivity index (χ1n) is 11.3. The van der Waals surface area contributed by atoms with Gasteiger partial charge in [-0.3, -0.25) is 19.2 Å². The number of methoxy groups -OCH3 is 1. The van der Waals surface area contributed by atoms with Crippen molar-refractivity contribution in [2.45, 2.75) is 25.7 Å². The van der Waals surface area contributed by atoms with Gasteiger partial charge in [-0.15, -0.1) is 0 Å². The molecule has 3 N–H and O–H groups in total. The molecule has 4 amide bonds. The summed E-state index contributed by atoms with van der Waals surface area (Å²) in [5.74, 6) is -0.698. The van der Waals surface area contributed by atoms with E-state index in [1.165, 1.54) is 19.2 Å². The van der Waals surface area contributed by atoms with Gasteiger partial charge in [0.15, 0.2) is 0 Å². The maximum absolute atomic E-state index is 12.7. The lowest BCUT2D eigenvalue weighted by molar-refractivity contribution is -0.119. The Hall–Kier alpha value is -3.88. The third-order valence-corrected chi connectivity index (χ3v) is 6.29. The fourth-order valence-electron chi connectivity index (χ4n) is 4.44. The first-order chi connectivity index (χ1) is 16.4. The molecule has 1 unspecified atom stereocenters. The number of hydrogen-bond acceptors (Lipinski definition) is 5. The van der Waals surface area contributed by atoms with Crippen LogP contribution in [0, 0.1) is 5.92 Å². The Labute approximate surface area is 197 Å². The van der Waals surface area contributed by atoms with Crippen LogP contribution in [0.2, 0.25) is 0 Å². The number of amides is 4. The normalized spacial score (nSPS) is 18.2. The van der Waals surface area contributed by atoms with Crippen molar-refractivity contribution in [1.29, 1.82) is 0 Å². The minimum absolute atomic E-state index is 0.0275. The van der Waals surface area contributed by atoms with Gasteiger partial charge in [-0.05, 0) is 55.3 Å². The quantitative estimate of drug-likeness (QED) is 0.650. The van der Waals surface area contributed by atoms with E-state index in [9.17, 15) is 19.2 Å².